The molecule has 1 saturated heterocycles. The number of nitrogens with zero attached hydrogens (tertiary/aromatic N) is 4. The van der Waals surface area contributed by atoms with E-state index in [0.717, 1.165) is 41.3 Å². The van der Waals surface area contributed by atoms with E-state index in [1.165, 1.54) is 5.69 Å². The third-order valence-corrected chi connectivity index (χ3v) is 5.20. The van der Waals surface area contributed by atoms with Gasteiger partial charge in [0.1, 0.15) is 5.01 Å². The summed E-state index contributed by atoms with van der Waals surface area (Å²) in [4.78, 5) is 4.72. The average molecular weight is 323 g/mol. The van der Waals surface area contributed by atoms with E-state index in [1.807, 2.05) is 12.1 Å². The molecule has 1 aromatic heterocycles. The molecule has 0 spiro atoms. The van der Waals surface area contributed by atoms with E-state index in [-0.39, 0.29) is 0 Å². The Labute approximate surface area is 134 Å². The fourth-order valence-electron chi connectivity index (χ4n) is 2.40. The molecule has 0 saturated carbocycles. The van der Waals surface area contributed by atoms with Gasteiger partial charge in [-0.25, -0.2) is 0 Å². The van der Waals surface area contributed by atoms with E-state index in [2.05, 4.69) is 46.0 Å². The van der Waals surface area contributed by atoms with Crippen LogP contribution in [0.2, 0.25) is 5.02 Å². The van der Waals surface area contributed by atoms with E-state index < -0.39 is 0 Å². The van der Waals surface area contributed by atoms with Crippen LogP contribution in [-0.2, 0) is 0 Å². The molecule has 1 aromatic carbocycles. The van der Waals surface area contributed by atoms with Crippen LogP contribution in [0, 0.1) is 0 Å². The number of rotatable bonds is 3. The number of halogens is 1. The third kappa shape index (κ3) is 3.30. The van der Waals surface area contributed by atoms with Gasteiger partial charge in [0.2, 0.25) is 5.13 Å². The first-order valence-corrected chi connectivity index (χ1v) is 8.42. The first-order chi connectivity index (χ1) is 10.1. The van der Waals surface area contributed by atoms with Crippen molar-refractivity contribution in [3.8, 4) is 0 Å². The Hall–Kier alpha value is -1.33. The second kappa shape index (κ2) is 6.20. The largest absolute Gasteiger partial charge is 0.368 e. The number of hydrogen-bond acceptors (Lipinski definition) is 5. The quantitative estimate of drug-likeness (QED) is 0.863. The van der Waals surface area contributed by atoms with Gasteiger partial charge in [0.15, 0.2) is 0 Å². The highest BCUT2D eigenvalue weighted by Crippen LogP contribution is 2.27. The topological polar surface area (TPSA) is 32.3 Å². The van der Waals surface area contributed by atoms with Crippen LogP contribution in [0.4, 0.5) is 10.8 Å². The summed E-state index contributed by atoms with van der Waals surface area (Å²) < 4.78 is 0. The summed E-state index contributed by atoms with van der Waals surface area (Å²) in [6, 6.07) is 8.06. The van der Waals surface area contributed by atoms with Crippen molar-refractivity contribution in [1.29, 1.82) is 0 Å². The normalized spacial score (nSPS) is 15.8. The monoisotopic (exact) mass is 322 g/mol. The summed E-state index contributed by atoms with van der Waals surface area (Å²) >= 11 is 7.66. The molecule has 0 amide bonds. The number of hydrogen-bond donors (Lipinski definition) is 0. The maximum Gasteiger partial charge on any atom is 0.208 e. The predicted octanol–water partition coefficient (Wildman–Crippen LogP) is 3.64. The fourth-order valence-corrected chi connectivity index (χ4v) is 3.42. The smallest absolute Gasteiger partial charge is 0.208 e. The first-order valence-electron chi connectivity index (χ1n) is 7.22. The van der Waals surface area contributed by atoms with Gasteiger partial charge in [-0.15, -0.1) is 10.2 Å². The Kier molecular flexibility index (Phi) is 4.31. The molecule has 0 unspecified atom stereocenters. The maximum absolute atomic E-state index is 5.94. The molecule has 0 atom stereocenters. The van der Waals surface area contributed by atoms with Crippen LogP contribution in [-0.4, -0.2) is 36.4 Å². The number of aromatic nitrogens is 2. The molecule has 0 radical (unpaired) electrons. The molecular formula is C15H19ClN4S. The molecule has 2 heterocycles. The molecule has 1 fully saturated rings. The highest BCUT2D eigenvalue weighted by molar-refractivity contribution is 7.15. The van der Waals surface area contributed by atoms with Crippen molar-refractivity contribution in [2.24, 2.45) is 0 Å². The van der Waals surface area contributed by atoms with Gasteiger partial charge in [0.05, 0.1) is 0 Å². The van der Waals surface area contributed by atoms with Crippen LogP contribution < -0.4 is 9.80 Å². The summed E-state index contributed by atoms with van der Waals surface area (Å²) in [5, 5.41) is 11.6. The lowest BCUT2D eigenvalue weighted by molar-refractivity contribution is 0.649. The highest BCUT2D eigenvalue weighted by atomic mass is 35.5. The van der Waals surface area contributed by atoms with E-state index in [0.29, 0.717) is 5.92 Å². The van der Waals surface area contributed by atoms with Crippen LogP contribution in [0.5, 0.6) is 0 Å². The summed E-state index contributed by atoms with van der Waals surface area (Å²) in [7, 11) is 0. The standard InChI is InChI=1S/C15H19ClN4S/c1-11(2)14-17-18-15(21-14)20-9-7-19(8-10-20)13-5-3-12(16)4-6-13/h3-6,11H,7-10H2,1-2H3. The molecule has 0 bridgehead atoms. The Bertz CT molecular complexity index is 588. The molecule has 0 N–H and O–H groups in total. The molecule has 6 heteroatoms. The van der Waals surface area contributed by atoms with Gasteiger partial charge in [-0.3, -0.25) is 0 Å². The van der Waals surface area contributed by atoms with Gasteiger partial charge in [-0.2, -0.15) is 0 Å². The van der Waals surface area contributed by atoms with Gasteiger partial charge in [0, 0.05) is 42.8 Å². The van der Waals surface area contributed by atoms with Gasteiger partial charge in [-0.1, -0.05) is 36.8 Å². The van der Waals surface area contributed by atoms with Crippen LogP contribution in [0.25, 0.3) is 0 Å². The Morgan fingerprint density at radius 1 is 1.00 bits per heavy atom. The van der Waals surface area contributed by atoms with Gasteiger partial charge >= 0.3 is 0 Å². The maximum atomic E-state index is 5.94. The third-order valence-electron chi connectivity index (χ3n) is 3.67. The minimum absolute atomic E-state index is 0.451. The zero-order valence-corrected chi connectivity index (χ0v) is 13.9. The van der Waals surface area contributed by atoms with Crippen LogP contribution in [0.15, 0.2) is 24.3 Å². The van der Waals surface area contributed by atoms with Gasteiger partial charge in [0.25, 0.3) is 0 Å². The molecular weight excluding hydrogens is 304 g/mol. The zero-order chi connectivity index (χ0) is 14.8. The molecule has 1 aliphatic heterocycles. The van der Waals surface area contributed by atoms with Crippen LogP contribution >= 0.6 is 22.9 Å². The fraction of sp³-hybridized carbons (Fsp3) is 0.467. The Morgan fingerprint density at radius 2 is 1.62 bits per heavy atom. The average Bonchev–Trinajstić information content (AvgIpc) is 2.98. The van der Waals surface area contributed by atoms with Gasteiger partial charge in [-0.05, 0) is 24.3 Å². The summed E-state index contributed by atoms with van der Waals surface area (Å²) in [5.41, 5.74) is 1.24. The summed E-state index contributed by atoms with van der Waals surface area (Å²) in [5.74, 6) is 0.451. The minimum atomic E-state index is 0.451. The first kappa shape index (κ1) is 14.6. The number of anilines is 2. The number of piperazine rings is 1. The molecule has 0 aliphatic carbocycles. The van der Waals surface area contributed by atoms with Crippen LogP contribution in [0.1, 0.15) is 24.8 Å². The van der Waals surface area contributed by atoms with Crippen molar-refractivity contribution < 1.29 is 0 Å². The van der Waals surface area contributed by atoms with E-state index >= 15 is 0 Å². The van der Waals surface area contributed by atoms with Gasteiger partial charge < -0.3 is 9.80 Å². The molecule has 112 valence electrons. The molecule has 4 nitrogen and oxygen atoms in total. The summed E-state index contributed by atoms with van der Waals surface area (Å²) in [6.07, 6.45) is 0. The summed E-state index contributed by atoms with van der Waals surface area (Å²) in [6.45, 7) is 8.27. The predicted molar refractivity (Wildman–Crippen MR) is 89.9 cm³/mol. The van der Waals surface area contributed by atoms with Crippen molar-refractivity contribution in [3.05, 3.63) is 34.3 Å². The minimum Gasteiger partial charge on any atom is -0.368 e. The second-order valence-electron chi connectivity index (χ2n) is 5.53. The molecule has 21 heavy (non-hydrogen) atoms. The zero-order valence-electron chi connectivity index (χ0n) is 12.3. The van der Waals surface area contributed by atoms with E-state index in [1.54, 1.807) is 11.3 Å². The highest BCUT2D eigenvalue weighted by Gasteiger charge is 2.20. The molecule has 1 aliphatic rings. The molecule has 2 aromatic rings. The number of benzene rings is 1. The SMILES string of the molecule is CC(C)c1nnc(N2CCN(c3ccc(Cl)cc3)CC2)s1. The lowest BCUT2D eigenvalue weighted by atomic mass is 10.2. The van der Waals surface area contributed by atoms with Crippen molar-refractivity contribution in [3.63, 3.8) is 0 Å². The molecule has 3 rings (SSSR count). The second-order valence-corrected chi connectivity index (χ2v) is 6.95. The van der Waals surface area contributed by atoms with Crippen molar-refractivity contribution in [2.45, 2.75) is 19.8 Å². The Morgan fingerprint density at radius 3 is 2.19 bits per heavy atom. The van der Waals surface area contributed by atoms with Crippen LogP contribution in [0.3, 0.4) is 0 Å². The van der Waals surface area contributed by atoms with Crippen molar-refractivity contribution in [2.75, 3.05) is 36.0 Å². The lowest BCUT2D eigenvalue weighted by Crippen LogP contribution is -2.46. The van der Waals surface area contributed by atoms with E-state index in [4.69, 9.17) is 11.6 Å². The van der Waals surface area contributed by atoms with Crippen molar-refractivity contribution in [1.82, 2.24) is 10.2 Å². The van der Waals surface area contributed by atoms with E-state index in [9.17, 15) is 0 Å². The van der Waals surface area contributed by atoms with Crippen molar-refractivity contribution >= 4 is 33.8 Å². The Balaban J connectivity index is 1.63. The lowest BCUT2D eigenvalue weighted by Gasteiger charge is -2.35.